The Morgan fingerprint density at radius 1 is 1.41 bits per heavy atom. The van der Waals surface area contributed by atoms with Gasteiger partial charge in [-0.1, -0.05) is 18.2 Å². The maximum absolute atomic E-state index is 12.7. The Bertz CT molecular complexity index is 765. The number of rotatable bonds is 2. The van der Waals surface area contributed by atoms with E-state index in [0.717, 1.165) is 18.2 Å². The molecule has 3 rings (SSSR count). The molecule has 22 heavy (non-hydrogen) atoms. The van der Waals surface area contributed by atoms with Crippen LogP contribution < -0.4 is 5.63 Å². The second kappa shape index (κ2) is 5.93. The summed E-state index contributed by atoms with van der Waals surface area (Å²) in [4.78, 5) is 26.6. The smallest absolute Gasteiger partial charge is 0.349 e. The number of fused-ring (bicyclic) bond motifs is 1. The molecule has 0 radical (unpaired) electrons. The summed E-state index contributed by atoms with van der Waals surface area (Å²) in [5, 5.41) is 10.1. The monoisotopic (exact) mass is 301 g/mol. The summed E-state index contributed by atoms with van der Waals surface area (Å²) in [6.07, 6.45) is 1.75. The van der Waals surface area contributed by atoms with Gasteiger partial charge in [0.15, 0.2) is 0 Å². The summed E-state index contributed by atoms with van der Waals surface area (Å²) in [5.74, 6) is -0.208. The number of amides is 1. The largest absolute Gasteiger partial charge is 0.422 e. The van der Waals surface area contributed by atoms with E-state index in [-0.39, 0.29) is 24.0 Å². The normalized spacial score (nSPS) is 18.6. The lowest BCUT2D eigenvalue weighted by atomic mass is 9.97. The van der Waals surface area contributed by atoms with Crippen molar-refractivity contribution in [2.24, 2.45) is 5.92 Å². The highest BCUT2D eigenvalue weighted by molar-refractivity contribution is 5.99. The standard InChI is InChI=1S/C17H19NO4/c1-11-13-6-2-3-7-14(13)22-17(21)15(11)16(20)18-8-4-5-12(9-18)10-19/h2-3,6-7,12,19H,4-5,8-10H2,1H3. The number of hydrogen-bond donors (Lipinski definition) is 1. The third-order valence-electron chi connectivity index (χ3n) is 4.35. The lowest BCUT2D eigenvalue weighted by molar-refractivity contribution is 0.0616. The van der Waals surface area contributed by atoms with Gasteiger partial charge in [0, 0.05) is 25.1 Å². The molecule has 116 valence electrons. The van der Waals surface area contributed by atoms with Crippen molar-refractivity contribution in [1.82, 2.24) is 4.90 Å². The van der Waals surface area contributed by atoms with Crippen LogP contribution in [0.3, 0.4) is 0 Å². The van der Waals surface area contributed by atoms with Gasteiger partial charge in [-0.3, -0.25) is 4.79 Å². The molecular formula is C17H19NO4. The summed E-state index contributed by atoms with van der Waals surface area (Å²) in [6.45, 7) is 2.94. The minimum Gasteiger partial charge on any atom is -0.422 e. The maximum atomic E-state index is 12.7. The summed E-state index contributed by atoms with van der Waals surface area (Å²) in [7, 11) is 0. The van der Waals surface area contributed by atoms with Crippen molar-refractivity contribution in [2.45, 2.75) is 19.8 Å². The number of aliphatic hydroxyl groups excluding tert-OH is 1. The minimum atomic E-state index is -0.590. The van der Waals surface area contributed by atoms with Gasteiger partial charge in [0.25, 0.3) is 5.91 Å². The van der Waals surface area contributed by atoms with Crippen LogP contribution in [0.15, 0.2) is 33.5 Å². The van der Waals surface area contributed by atoms with E-state index in [4.69, 9.17) is 4.42 Å². The predicted octanol–water partition coefficient (Wildman–Crippen LogP) is 1.95. The molecule has 0 bridgehead atoms. The van der Waals surface area contributed by atoms with Crippen LogP contribution in [-0.2, 0) is 0 Å². The highest BCUT2D eigenvalue weighted by Crippen LogP contribution is 2.22. The van der Waals surface area contributed by atoms with Gasteiger partial charge in [-0.05, 0) is 37.3 Å². The lowest BCUT2D eigenvalue weighted by Gasteiger charge is -2.31. The average Bonchev–Trinajstić information content (AvgIpc) is 2.54. The molecule has 1 aromatic heterocycles. The first-order chi connectivity index (χ1) is 10.6. The zero-order valence-corrected chi connectivity index (χ0v) is 12.5. The molecule has 1 fully saturated rings. The quantitative estimate of drug-likeness (QED) is 0.861. The van der Waals surface area contributed by atoms with Gasteiger partial charge in [-0.15, -0.1) is 0 Å². The molecule has 2 aromatic rings. The Labute approximate surface area is 128 Å². The zero-order valence-electron chi connectivity index (χ0n) is 12.5. The molecule has 0 spiro atoms. The highest BCUT2D eigenvalue weighted by atomic mass is 16.4. The maximum Gasteiger partial charge on any atom is 0.349 e. The fraction of sp³-hybridized carbons (Fsp3) is 0.412. The van der Waals surface area contributed by atoms with Crippen LogP contribution in [0, 0.1) is 12.8 Å². The average molecular weight is 301 g/mol. The molecule has 1 aliphatic heterocycles. The first-order valence-electron chi connectivity index (χ1n) is 7.54. The molecular weight excluding hydrogens is 282 g/mol. The molecule has 5 nitrogen and oxygen atoms in total. The lowest BCUT2D eigenvalue weighted by Crippen LogP contribution is -2.42. The Kier molecular flexibility index (Phi) is 3.98. The topological polar surface area (TPSA) is 70.8 Å². The second-order valence-corrected chi connectivity index (χ2v) is 5.83. The highest BCUT2D eigenvalue weighted by Gasteiger charge is 2.28. The van der Waals surface area contributed by atoms with Gasteiger partial charge in [-0.2, -0.15) is 0 Å². The minimum absolute atomic E-state index is 0.0646. The van der Waals surface area contributed by atoms with Crippen LogP contribution in [0.25, 0.3) is 11.0 Å². The molecule has 1 unspecified atom stereocenters. The summed E-state index contributed by atoms with van der Waals surface area (Å²) in [6, 6.07) is 7.22. The number of aliphatic hydroxyl groups is 1. The predicted molar refractivity (Wildman–Crippen MR) is 82.9 cm³/mol. The van der Waals surface area contributed by atoms with Crippen LogP contribution in [-0.4, -0.2) is 35.6 Å². The van der Waals surface area contributed by atoms with Gasteiger partial charge in [0.1, 0.15) is 11.1 Å². The Morgan fingerprint density at radius 3 is 2.95 bits per heavy atom. The van der Waals surface area contributed by atoms with Crippen LogP contribution in [0.2, 0.25) is 0 Å². The molecule has 0 saturated carbocycles. The van der Waals surface area contributed by atoms with Crippen molar-refractivity contribution in [2.75, 3.05) is 19.7 Å². The third-order valence-corrected chi connectivity index (χ3v) is 4.35. The fourth-order valence-corrected chi connectivity index (χ4v) is 3.11. The Hall–Kier alpha value is -2.14. The van der Waals surface area contributed by atoms with Gasteiger partial charge in [-0.25, -0.2) is 4.79 Å². The van der Waals surface area contributed by atoms with Crippen molar-refractivity contribution in [3.05, 3.63) is 45.8 Å². The van der Waals surface area contributed by atoms with Crippen LogP contribution in [0.4, 0.5) is 0 Å². The first kappa shape index (κ1) is 14.8. The fourth-order valence-electron chi connectivity index (χ4n) is 3.11. The van der Waals surface area contributed by atoms with E-state index in [1.807, 2.05) is 12.1 Å². The number of hydrogen-bond acceptors (Lipinski definition) is 4. The number of piperidine rings is 1. The van der Waals surface area contributed by atoms with E-state index in [1.54, 1.807) is 24.0 Å². The molecule has 0 aliphatic carbocycles. The number of carbonyl (C=O) groups excluding carboxylic acids is 1. The third kappa shape index (κ3) is 2.52. The number of likely N-dealkylation sites (tertiary alicyclic amines) is 1. The number of para-hydroxylation sites is 1. The number of aryl methyl sites for hydroxylation is 1. The molecule has 2 heterocycles. The molecule has 1 N–H and O–H groups in total. The molecule has 1 aromatic carbocycles. The number of carbonyl (C=O) groups is 1. The van der Waals surface area contributed by atoms with E-state index in [2.05, 4.69) is 0 Å². The molecule has 1 saturated heterocycles. The molecule has 1 aliphatic rings. The van der Waals surface area contributed by atoms with E-state index < -0.39 is 5.63 Å². The molecule has 1 atom stereocenters. The van der Waals surface area contributed by atoms with Crippen LogP contribution in [0.5, 0.6) is 0 Å². The summed E-state index contributed by atoms with van der Waals surface area (Å²) < 4.78 is 5.29. The number of benzene rings is 1. The zero-order chi connectivity index (χ0) is 15.7. The van der Waals surface area contributed by atoms with Gasteiger partial charge < -0.3 is 14.4 Å². The van der Waals surface area contributed by atoms with E-state index in [1.165, 1.54) is 0 Å². The Balaban J connectivity index is 2.02. The van der Waals surface area contributed by atoms with E-state index in [9.17, 15) is 14.7 Å². The van der Waals surface area contributed by atoms with Crippen molar-refractivity contribution in [3.63, 3.8) is 0 Å². The van der Waals surface area contributed by atoms with Crippen molar-refractivity contribution in [3.8, 4) is 0 Å². The van der Waals surface area contributed by atoms with Gasteiger partial charge in [0.05, 0.1) is 0 Å². The van der Waals surface area contributed by atoms with Gasteiger partial charge in [0.2, 0.25) is 0 Å². The van der Waals surface area contributed by atoms with Crippen LogP contribution in [0.1, 0.15) is 28.8 Å². The number of nitrogens with zero attached hydrogens (tertiary/aromatic N) is 1. The first-order valence-corrected chi connectivity index (χ1v) is 7.54. The molecule has 1 amide bonds. The molecule has 5 heteroatoms. The van der Waals surface area contributed by atoms with E-state index in [0.29, 0.717) is 24.2 Å². The summed E-state index contributed by atoms with van der Waals surface area (Å²) >= 11 is 0. The SMILES string of the molecule is Cc1c(C(=O)N2CCCC(CO)C2)c(=O)oc2ccccc12. The van der Waals surface area contributed by atoms with E-state index >= 15 is 0 Å². The van der Waals surface area contributed by atoms with Crippen molar-refractivity contribution in [1.29, 1.82) is 0 Å². The van der Waals surface area contributed by atoms with Gasteiger partial charge >= 0.3 is 5.63 Å². The second-order valence-electron chi connectivity index (χ2n) is 5.83. The van der Waals surface area contributed by atoms with Crippen molar-refractivity contribution >= 4 is 16.9 Å². The Morgan fingerprint density at radius 2 is 2.18 bits per heavy atom. The van der Waals surface area contributed by atoms with Crippen LogP contribution >= 0.6 is 0 Å². The summed E-state index contributed by atoms with van der Waals surface area (Å²) in [5.41, 5.74) is 0.668. The van der Waals surface area contributed by atoms with Crippen molar-refractivity contribution < 1.29 is 14.3 Å².